The maximum absolute atomic E-state index is 10.9. The van der Waals surface area contributed by atoms with Gasteiger partial charge < -0.3 is 5.73 Å². The number of rotatable bonds is 1. The number of hydrogen-bond acceptors (Lipinski definition) is 3. The molecule has 4 nitrogen and oxygen atoms in total. The minimum atomic E-state index is -4.14. The second-order valence-corrected chi connectivity index (χ2v) is 4.66. The van der Waals surface area contributed by atoms with Crippen molar-refractivity contribution in [2.45, 2.75) is 4.90 Å². The minimum absolute atomic E-state index is 0. The van der Waals surface area contributed by atoms with Crippen molar-refractivity contribution >= 4 is 56.1 Å². The molecule has 0 radical (unpaired) electrons. The Kier molecular flexibility index (Phi) is 3.98. The summed E-state index contributed by atoms with van der Waals surface area (Å²) in [6.45, 7) is 0. The van der Waals surface area contributed by atoms with Gasteiger partial charge >= 0.3 is 29.6 Å². The van der Waals surface area contributed by atoms with Crippen LogP contribution in [0.2, 0.25) is 0 Å². The molecular formula is C10H10NNaO3S. The topological polar surface area (TPSA) is 80.4 Å². The van der Waals surface area contributed by atoms with Crippen molar-refractivity contribution < 1.29 is 13.0 Å². The first kappa shape index (κ1) is 13.5. The Hall–Kier alpha value is -0.590. The van der Waals surface area contributed by atoms with Gasteiger partial charge in [0.1, 0.15) is 0 Å². The Labute approximate surface area is 115 Å². The SMILES string of the molecule is Nc1ccc2cc(S(=O)(=O)O)ccc2c1.[NaH]. The van der Waals surface area contributed by atoms with Crippen molar-refractivity contribution in [3.63, 3.8) is 0 Å². The third-order valence-corrected chi connectivity index (χ3v) is 2.98. The summed E-state index contributed by atoms with van der Waals surface area (Å²) in [5.74, 6) is 0. The fraction of sp³-hybridized carbons (Fsp3) is 0. The van der Waals surface area contributed by atoms with Gasteiger partial charge in [-0.25, -0.2) is 0 Å². The zero-order valence-electron chi connectivity index (χ0n) is 7.71. The summed E-state index contributed by atoms with van der Waals surface area (Å²) in [6.07, 6.45) is 0. The van der Waals surface area contributed by atoms with Crippen molar-refractivity contribution in [2.75, 3.05) is 5.73 Å². The Morgan fingerprint density at radius 1 is 1.00 bits per heavy atom. The van der Waals surface area contributed by atoms with Gasteiger partial charge in [0.25, 0.3) is 10.1 Å². The number of hydrogen-bond donors (Lipinski definition) is 2. The summed E-state index contributed by atoms with van der Waals surface area (Å²) in [7, 11) is -4.14. The molecule has 0 aliphatic heterocycles. The van der Waals surface area contributed by atoms with Crippen molar-refractivity contribution in [2.24, 2.45) is 0 Å². The average molecular weight is 247 g/mol. The van der Waals surface area contributed by atoms with Crippen LogP contribution in [0.3, 0.4) is 0 Å². The van der Waals surface area contributed by atoms with E-state index in [0.29, 0.717) is 5.69 Å². The molecule has 6 heteroatoms. The number of fused-ring (bicyclic) bond motifs is 1. The van der Waals surface area contributed by atoms with Gasteiger partial charge in [-0.15, -0.1) is 0 Å². The van der Waals surface area contributed by atoms with Gasteiger partial charge in [-0.3, -0.25) is 4.55 Å². The van der Waals surface area contributed by atoms with E-state index in [1.54, 1.807) is 24.3 Å². The molecule has 0 aliphatic carbocycles. The summed E-state index contributed by atoms with van der Waals surface area (Å²) >= 11 is 0. The van der Waals surface area contributed by atoms with Gasteiger partial charge in [0.2, 0.25) is 0 Å². The van der Waals surface area contributed by atoms with Gasteiger partial charge in [-0.2, -0.15) is 8.42 Å². The second-order valence-electron chi connectivity index (χ2n) is 3.24. The summed E-state index contributed by atoms with van der Waals surface area (Å²) in [5.41, 5.74) is 6.19. The Morgan fingerprint density at radius 2 is 1.56 bits per heavy atom. The van der Waals surface area contributed by atoms with Crippen LogP contribution in [0, 0.1) is 0 Å². The van der Waals surface area contributed by atoms with Crippen molar-refractivity contribution in [1.82, 2.24) is 0 Å². The predicted octanol–water partition coefficient (Wildman–Crippen LogP) is 1.02. The molecule has 0 aliphatic rings. The molecule has 0 atom stereocenters. The maximum atomic E-state index is 10.9. The number of anilines is 1. The Bertz CT molecular complexity index is 625. The van der Waals surface area contributed by atoms with Gasteiger partial charge in [-0.05, 0) is 35.0 Å². The molecule has 2 aromatic carbocycles. The van der Waals surface area contributed by atoms with E-state index in [-0.39, 0.29) is 34.5 Å². The Balaban J connectivity index is 0.00000128. The fourth-order valence-corrected chi connectivity index (χ4v) is 1.92. The van der Waals surface area contributed by atoms with Crippen LogP contribution < -0.4 is 5.73 Å². The van der Waals surface area contributed by atoms with Crippen LogP contribution in [0.25, 0.3) is 10.8 Å². The molecule has 16 heavy (non-hydrogen) atoms. The molecule has 0 saturated carbocycles. The quantitative estimate of drug-likeness (QED) is 0.448. The summed E-state index contributed by atoms with van der Waals surface area (Å²) < 4.78 is 30.6. The first-order valence-electron chi connectivity index (χ1n) is 4.23. The summed E-state index contributed by atoms with van der Waals surface area (Å²) in [6, 6.07) is 9.48. The van der Waals surface area contributed by atoms with Crippen LogP contribution in [0.15, 0.2) is 41.3 Å². The van der Waals surface area contributed by atoms with Crippen LogP contribution >= 0.6 is 0 Å². The number of nitrogens with two attached hydrogens (primary N) is 1. The van der Waals surface area contributed by atoms with E-state index in [4.69, 9.17) is 10.3 Å². The van der Waals surface area contributed by atoms with Crippen molar-refractivity contribution in [3.8, 4) is 0 Å². The van der Waals surface area contributed by atoms with Crippen LogP contribution in [-0.2, 0) is 10.1 Å². The molecule has 80 valence electrons. The van der Waals surface area contributed by atoms with Crippen LogP contribution in [0.1, 0.15) is 0 Å². The molecule has 0 aromatic heterocycles. The third kappa shape index (κ3) is 2.75. The molecule has 0 amide bonds. The van der Waals surface area contributed by atoms with E-state index in [2.05, 4.69) is 0 Å². The fourth-order valence-electron chi connectivity index (χ4n) is 1.40. The van der Waals surface area contributed by atoms with Gasteiger partial charge in [0.05, 0.1) is 4.90 Å². The molecule has 0 spiro atoms. The Morgan fingerprint density at radius 3 is 2.19 bits per heavy atom. The van der Waals surface area contributed by atoms with Gasteiger partial charge in [-0.1, -0.05) is 12.1 Å². The average Bonchev–Trinajstić information content (AvgIpc) is 2.15. The zero-order valence-corrected chi connectivity index (χ0v) is 8.53. The van der Waals surface area contributed by atoms with Gasteiger partial charge in [0, 0.05) is 5.69 Å². The predicted molar refractivity (Wildman–Crippen MR) is 65.3 cm³/mol. The molecule has 3 N–H and O–H groups in total. The van der Waals surface area contributed by atoms with E-state index in [1.807, 2.05) is 0 Å². The molecular weight excluding hydrogens is 237 g/mol. The molecule has 2 aromatic rings. The first-order valence-corrected chi connectivity index (χ1v) is 5.67. The van der Waals surface area contributed by atoms with Crippen molar-refractivity contribution in [3.05, 3.63) is 36.4 Å². The molecule has 0 unspecified atom stereocenters. The van der Waals surface area contributed by atoms with Crippen LogP contribution in [0.4, 0.5) is 5.69 Å². The molecule has 0 fully saturated rings. The number of nitrogen functional groups attached to an aromatic ring is 1. The van der Waals surface area contributed by atoms with E-state index in [0.717, 1.165) is 10.8 Å². The van der Waals surface area contributed by atoms with Crippen LogP contribution in [-0.4, -0.2) is 42.5 Å². The standard InChI is InChI=1S/C10H9NO3S.Na.H/c11-9-3-1-8-6-10(15(12,13)14)4-2-7(8)5-9;;/h1-6H,11H2,(H,12,13,14);;. The summed E-state index contributed by atoms with van der Waals surface area (Å²) in [5, 5.41) is 1.56. The zero-order chi connectivity index (χ0) is 11.1. The molecule has 0 heterocycles. The van der Waals surface area contributed by atoms with Gasteiger partial charge in [0.15, 0.2) is 0 Å². The normalized spacial score (nSPS) is 11.1. The van der Waals surface area contributed by atoms with Crippen molar-refractivity contribution in [1.29, 1.82) is 0 Å². The molecule has 2 rings (SSSR count). The van der Waals surface area contributed by atoms with E-state index >= 15 is 0 Å². The molecule has 0 bridgehead atoms. The van der Waals surface area contributed by atoms with E-state index in [9.17, 15) is 8.42 Å². The molecule has 0 saturated heterocycles. The van der Waals surface area contributed by atoms with E-state index in [1.165, 1.54) is 12.1 Å². The summed E-state index contributed by atoms with van der Waals surface area (Å²) in [4.78, 5) is -0.111. The van der Waals surface area contributed by atoms with E-state index < -0.39 is 10.1 Å². The first-order chi connectivity index (χ1) is 6.97. The second kappa shape index (κ2) is 4.73. The monoisotopic (exact) mass is 247 g/mol. The third-order valence-electron chi connectivity index (χ3n) is 2.13. The number of benzene rings is 2. The van der Waals surface area contributed by atoms with Crippen LogP contribution in [0.5, 0.6) is 0 Å².